The Morgan fingerprint density at radius 2 is 1.70 bits per heavy atom. The van der Waals surface area contributed by atoms with Crippen LogP contribution in [0.1, 0.15) is 20.8 Å². The highest BCUT2D eigenvalue weighted by molar-refractivity contribution is 6.33. The Labute approximate surface area is 202 Å². The maximum absolute atomic E-state index is 12.9. The van der Waals surface area contributed by atoms with Gasteiger partial charge >= 0.3 is 0 Å². The van der Waals surface area contributed by atoms with Gasteiger partial charge in [-0.05, 0) is 32.9 Å². The van der Waals surface area contributed by atoms with Crippen LogP contribution in [0.5, 0.6) is 23.0 Å². The molecule has 0 aliphatic carbocycles. The van der Waals surface area contributed by atoms with E-state index in [1.54, 1.807) is 31.2 Å². The van der Waals surface area contributed by atoms with Gasteiger partial charge in [0.25, 0.3) is 5.91 Å². The monoisotopic (exact) mass is 497 g/mol. The third kappa shape index (κ3) is 6.49. The van der Waals surface area contributed by atoms with Gasteiger partial charge in [-0.25, -0.2) is 0 Å². The third-order valence-corrected chi connectivity index (χ3v) is 4.85. The van der Waals surface area contributed by atoms with Crippen LogP contribution >= 0.6 is 23.2 Å². The standard InChI is InChI=1S/C22H25Cl2N3O6/c1-6-32-13-10-15(24)19(17(11-13)33-7-2)27-26-18(12(3)28)22(29)25-20-16(30-4)9-8-14(23)21(20)31-5/h8-11,18H,6-7H2,1-5H3,(H,25,29). The van der Waals surface area contributed by atoms with E-state index in [1.165, 1.54) is 21.1 Å². The molecular formula is C22H25Cl2N3O6. The molecule has 1 N–H and O–H groups in total. The van der Waals surface area contributed by atoms with Crippen LogP contribution in [0.2, 0.25) is 10.0 Å². The first-order valence-corrected chi connectivity index (χ1v) is 10.7. The number of rotatable bonds is 11. The Bertz CT molecular complexity index is 1050. The van der Waals surface area contributed by atoms with Crippen molar-refractivity contribution in [1.82, 2.24) is 0 Å². The lowest BCUT2D eigenvalue weighted by Gasteiger charge is -2.16. The number of benzene rings is 2. The molecule has 9 nitrogen and oxygen atoms in total. The van der Waals surface area contributed by atoms with Crippen LogP contribution < -0.4 is 24.3 Å². The van der Waals surface area contributed by atoms with Crippen molar-refractivity contribution in [2.45, 2.75) is 26.8 Å². The van der Waals surface area contributed by atoms with Crippen molar-refractivity contribution < 1.29 is 28.5 Å². The summed E-state index contributed by atoms with van der Waals surface area (Å²) in [6.07, 6.45) is 0. The van der Waals surface area contributed by atoms with E-state index in [-0.39, 0.29) is 32.9 Å². The largest absolute Gasteiger partial charge is 0.494 e. The normalized spacial score (nSPS) is 11.7. The number of methoxy groups -OCH3 is 2. The number of amides is 1. The summed E-state index contributed by atoms with van der Waals surface area (Å²) < 4.78 is 21.6. The SMILES string of the molecule is CCOc1cc(Cl)c(N=NC(C(C)=O)C(=O)Nc2c(OC)ccc(Cl)c2OC)c(OCC)c1. The molecule has 178 valence electrons. The minimum absolute atomic E-state index is 0.160. The van der Waals surface area contributed by atoms with Gasteiger partial charge in [0.2, 0.25) is 6.04 Å². The molecule has 0 spiro atoms. The van der Waals surface area contributed by atoms with E-state index in [0.29, 0.717) is 24.7 Å². The predicted molar refractivity (Wildman–Crippen MR) is 126 cm³/mol. The molecule has 1 atom stereocenters. The topological polar surface area (TPSA) is 108 Å². The Morgan fingerprint density at radius 1 is 1.00 bits per heavy atom. The number of halogens is 2. The maximum atomic E-state index is 12.9. The molecule has 11 heteroatoms. The number of anilines is 1. The fourth-order valence-electron chi connectivity index (χ4n) is 2.82. The molecule has 0 saturated heterocycles. The molecule has 0 aliphatic rings. The summed E-state index contributed by atoms with van der Waals surface area (Å²) in [5, 5.41) is 11.0. The maximum Gasteiger partial charge on any atom is 0.259 e. The van der Waals surface area contributed by atoms with Crippen LogP contribution in [-0.4, -0.2) is 45.2 Å². The number of nitrogens with one attached hydrogen (secondary N) is 1. The molecular weight excluding hydrogens is 473 g/mol. The summed E-state index contributed by atoms with van der Waals surface area (Å²) in [6.45, 7) is 5.62. The third-order valence-electron chi connectivity index (χ3n) is 4.26. The van der Waals surface area contributed by atoms with E-state index in [1.807, 2.05) is 6.92 Å². The average molecular weight is 498 g/mol. The van der Waals surface area contributed by atoms with E-state index in [4.69, 9.17) is 42.1 Å². The number of ether oxygens (including phenoxy) is 4. The van der Waals surface area contributed by atoms with Gasteiger partial charge in [0.1, 0.15) is 22.9 Å². The van der Waals surface area contributed by atoms with Crippen molar-refractivity contribution in [2.75, 3.05) is 32.8 Å². The van der Waals surface area contributed by atoms with Crippen molar-refractivity contribution in [3.63, 3.8) is 0 Å². The Hall–Kier alpha value is -3.04. The second-order valence-electron chi connectivity index (χ2n) is 6.49. The number of ketones is 1. The van der Waals surface area contributed by atoms with Gasteiger partial charge in [-0.1, -0.05) is 23.2 Å². The highest BCUT2D eigenvalue weighted by atomic mass is 35.5. The van der Waals surface area contributed by atoms with Gasteiger partial charge in [-0.3, -0.25) is 9.59 Å². The molecule has 2 rings (SSSR count). The summed E-state index contributed by atoms with van der Waals surface area (Å²) >= 11 is 12.5. The zero-order valence-electron chi connectivity index (χ0n) is 18.9. The van der Waals surface area contributed by atoms with Gasteiger partial charge in [0.15, 0.2) is 17.3 Å². The number of hydrogen-bond donors (Lipinski definition) is 1. The van der Waals surface area contributed by atoms with Crippen molar-refractivity contribution in [3.05, 3.63) is 34.3 Å². The van der Waals surface area contributed by atoms with Crippen molar-refractivity contribution in [2.24, 2.45) is 10.2 Å². The number of carbonyl (C=O) groups is 2. The summed E-state index contributed by atoms with van der Waals surface area (Å²) in [6, 6.07) is 4.79. The van der Waals surface area contributed by atoms with Crippen LogP contribution in [-0.2, 0) is 9.59 Å². The van der Waals surface area contributed by atoms with E-state index >= 15 is 0 Å². The first-order chi connectivity index (χ1) is 15.8. The van der Waals surface area contributed by atoms with Crippen molar-refractivity contribution in [3.8, 4) is 23.0 Å². The molecule has 1 unspecified atom stereocenters. The van der Waals surface area contributed by atoms with Crippen LogP contribution in [0.4, 0.5) is 11.4 Å². The highest BCUT2D eigenvalue weighted by Crippen LogP contribution is 2.41. The van der Waals surface area contributed by atoms with E-state index in [9.17, 15) is 9.59 Å². The number of Topliss-reactive ketones (excluding diaryl/α,β-unsaturated/α-hetero) is 1. The summed E-state index contributed by atoms with van der Waals surface area (Å²) in [5.41, 5.74) is 0.326. The van der Waals surface area contributed by atoms with E-state index in [2.05, 4.69) is 15.5 Å². The number of carbonyl (C=O) groups excluding carboxylic acids is 2. The summed E-state index contributed by atoms with van der Waals surface area (Å²) in [5.74, 6) is -0.0424. The zero-order chi connectivity index (χ0) is 24.5. The molecule has 0 saturated carbocycles. The molecule has 33 heavy (non-hydrogen) atoms. The number of nitrogens with zero attached hydrogens (tertiary/aromatic N) is 2. The van der Waals surface area contributed by atoms with Crippen molar-refractivity contribution in [1.29, 1.82) is 0 Å². The molecule has 0 heterocycles. The second kappa shape index (κ2) is 12.3. The van der Waals surface area contributed by atoms with Gasteiger partial charge in [0, 0.05) is 12.1 Å². The van der Waals surface area contributed by atoms with E-state index in [0.717, 1.165) is 0 Å². The number of hydrogen-bond acceptors (Lipinski definition) is 8. The Morgan fingerprint density at radius 3 is 2.27 bits per heavy atom. The zero-order valence-corrected chi connectivity index (χ0v) is 20.4. The molecule has 0 aliphatic heterocycles. The molecule has 0 aromatic heterocycles. The second-order valence-corrected chi connectivity index (χ2v) is 7.31. The quantitative estimate of drug-likeness (QED) is 0.324. The minimum atomic E-state index is -1.48. The highest BCUT2D eigenvalue weighted by Gasteiger charge is 2.27. The minimum Gasteiger partial charge on any atom is -0.494 e. The van der Waals surface area contributed by atoms with Crippen LogP contribution in [0.25, 0.3) is 0 Å². The summed E-state index contributed by atoms with van der Waals surface area (Å²) in [4.78, 5) is 25.2. The average Bonchev–Trinajstić information content (AvgIpc) is 2.76. The van der Waals surface area contributed by atoms with Crippen LogP contribution in [0.3, 0.4) is 0 Å². The lowest BCUT2D eigenvalue weighted by atomic mass is 10.2. The molecule has 1 amide bonds. The molecule has 0 fully saturated rings. The smallest absolute Gasteiger partial charge is 0.259 e. The Balaban J connectivity index is 2.41. The first-order valence-electron chi connectivity index (χ1n) is 9.99. The fraction of sp³-hybridized carbons (Fsp3) is 0.364. The van der Waals surface area contributed by atoms with Crippen LogP contribution in [0.15, 0.2) is 34.5 Å². The molecule has 2 aromatic carbocycles. The lowest BCUT2D eigenvalue weighted by Crippen LogP contribution is -2.32. The van der Waals surface area contributed by atoms with E-state index < -0.39 is 17.7 Å². The first kappa shape index (κ1) is 26.2. The summed E-state index contributed by atoms with van der Waals surface area (Å²) in [7, 11) is 2.81. The van der Waals surface area contributed by atoms with Gasteiger partial charge in [0.05, 0.1) is 37.5 Å². The molecule has 0 bridgehead atoms. The van der Waals surface area contributed by atoms with Gasteiger partial charge in [-0.15, -0.1) is 5.11 Å². The molecule has 0 radical (unpaired) electrons. The van der Waals surface area contributed by atoms with Gasteiger partial charge < -0.3 is 24.3 Å². The lowest BCUT2D eigenvalue weighted by molar-refractivity contribution is -0.126. The predicted octanol–water partition coefficient (Wildman–Crippen LogP) is 5.49. The van der Waals surface area contributed by atoms with Crippen LogP contribution in [0, 0.1) is 0 Å². The Kier molecular flexibility index (Phi) is 9.74. The fourth-order valence-corrected chi connectivity index (χ4v) is 3.29. The van der Waals surface area contributed by atoms with Gasteiger partial charge in [-0.2, -0.15) is 5.11 Å². The molecule has 2 aromatic rings. The number of azo groups is 1. The van der Waals surface area contributed by atoms with Crippen molar-refractivity contribution >= 4 is 46.3 Å².